The second-order valence-electron chi connectivity index (χ2n) is 3.64. The van der Waals surface area contributed by atoms with Crippen molar-refractivity contribution in [1.82, 2.24) is 0 Å². The van der Waals surface area contributed by atoms with Crippen LogP contribution in [0.4, 0.5) is 0 Å². The molecule has 1 aromatic carbocycles. The molecule has 0 saturated heterocycles. The van der Waals surface area contributed by atoms with E-state index in [4.69, 9.17) is 20.3 Å². The molecule has 1 aromatic rings. The third-order valence-electron chi connectivity index (χ3n) is 2.28. The minimum absolute atomic E-state index is 0.365. The summed E-state index contributed by atoms with van der Waals surface area (Å²) >= 11 is 0. The minimum Gasteiger partial charge on any atom is -0.493 e. The van der Waals surface area contributed by atoms with Crippen molar-refractivity contribution in [2.24, 2.45) is 5.73 Å². The van der Waals surface area contributed by atoms with E-state index in [0.717, 1.165) is 5.56 Å². The van der Waals surface area contributed by atoms with E-state index in [0.29, 0.717) is 31.1 Å². The van der Waals surface area contributed by atoms with Gasteiger partial charge in [-0.15, -0.1) is 0 Å². The van der Waals surface area contributed by atoms with Gasteiger partial charge in [-0.05, 0) is 13.0 Å². The molecule has 1 rings (SSSR count). The van der Waals surface area contributed by atoms with Gasteiger partial charge < -0.3 is 20.3 Å². The fourth-order valence-electron chi connectivity index (χ4n) is 1.38. The van der Waals surface area contributed by atoms with Crippen LogP contribution in [-0.2, 0) is 6.54 Å². The molecule has 0 bridgehead atoms. The Bertz CT molecular complexity index is 304. The number of ether oxygens (including phenoxy) is 2. The Hall–Kier alpha value is -1.26. The predicted octanol–water partition coefficient (Wildman–Crippen LogP) is 1.30. The molecule has 0 aromatic heterocycles. The smallest absolute Gasteiger partial charge is 0.165 e. The highest BCUT2D eigenvalue weighted by Gasteiger charge is 2.09. The van der Waals surface area contributed by atoms with Gasteiger partial charge in [0.05, 0.1) is 19.8 Å². The summed E-state index contributed by atoms with van der Waals surface area (Å²) < 4.78 is 10.8. The number of hydrogen-bond acceptors (Lipinski definition) is 4. The summed E-state index contributed by atoms with van der Waals surface area (Å²) in [5, 5.41) is 9.15. The SMILES string of the molecule is COc1cccc(CN)c1OCCC(C)O. The molecule has 1 atom stereocenters. The van der Waals surface area contributed by atoms with Crippen molar-refractivity contribution >= 4 is 0 Å². The fourth-order valence-corrected chi connectivity index (χ4v) is 1.38. The Kier molecular flexibility index (Phi) is 5.08. The number of aliphatic hydroxyl groups excluding tert-OH is 1. The summed E-state index contributed by atoms with van der Waals surface area (Å²) in [4.78, 5) is 0. The molecule has 90 valence electrons. The number of methoxy groups -OCH3 is 1. The van der Waals surface area contributed by atoms with Crippen LogP contribution in [0, 0.1) is 0 Å². The van der Waals surface area contributed by atoms with Gasteiger partial charge in [-0.2, -0.15) is 0 Å². The molecule has 3 N–H and O–H groups in total. The lowest BCUT2D eigenvalue weighted by molar-refractivity contribution is 0.153. The maximum atomic E-state index is 9.15. The van der Waals surface area contributed by atoms with Crippen LogP contribution in [0.5, 0.6) is 11.5 Å². The molecule has 0 aliphatic carbocycles. The first-order chi connectivity index (χ1) is 7.69. The molecular weight excluding hydrogens is 206 g/mol. The van der Waals surface area contributed by atoms with Crippen molar-refractivity contribution < 1.29 is 14.6 Å². The van der Waals surface area contributed by atoms with Crippen LogP contribution in [0.15, 0.2) is 18.2 Å². The van der Waals surface area contributed by atoms with Crippen LogP contribution in [0.2, 0.25) is 0 Å². The van der Waals surface area contributed by atoms with Gasteiger partial charge in [-0.1, -0.05) is 12.1 Å². The van der Waals surface area contributed by atoms with E-state index in [9.17, 15) is 0 Å². The number of rotatable bonds is 6. The monoisotopic (exact) mass is 225 g/mol. The zero-order chi connectivity index (χ0) is 12.0. The number of benzene rings is 1. The average molecular weight is 225 g/mol. The molecule has 0 amide bonds. The molecule has 0 spiro atoms. The van der Waals surface area contributed by atoms with E-state index in [1.807, 2.05) is 18.2 Å². The van der Waals surface area contributed by atoms with E-state index >= 15 is 0 Å². The first-order valence-electron chi connectivity index (χ1n) is 5.35. The van der Waals surface area contributed by atoms with Crippen molar-refractivity contribution in [2.75, 3.05) is 13.7 Å². The van der Waals surface area contributed by atoms with E-state index in [1.54, 1.807) is 14.0 Å². The van der Waals surface area contributed by atoms with Crippen LogP contribution in [0.1, 0.15) is 18.9 Å². The summed E-state index contributed by atoms with van der Waals surface area (Å²) in [5.74, 6) is 1.35. The molecule has 16 heavy (non-hydrogen) atoms. The lowest BCUT2D eigenvalue weighted by Gasteiger charge is -2.14. The molecule has 0 aliphatic heterocycles. The minimum atomic E-state index is -0.365. The largest absolute Gasteiger partial charge is 0.493 e. The highest BCUT2D eigenvalue weighted by Crippen LogP contribution is 2.30. The molecule has 0 aliphatic rings. The summed E-state index contributed by atoms with van der Waals surface area (Å²) in [6, 6.07) is 5.61. The van der Waals surface area contributed by atoms with Gasteiger partial charge in [-0.25, -0.2) is 0 Å². The van der Waals surface area contributed by atoms with E-state index < -0.39 is 0 Å². The van der Waals surface area contributed by atoms with E-state index in [-0.39, 0.29) is 6.10 Å². The molecule has 1 unspecified atom stereocenters. The number of aliphatic hydroxyl groups is 1. The maximum absolute atomic E-state index is 9.15. The van der Waals surface area contributed by atoms with Crippen LogP contribution in [0.25, 0.3) is 0 Å². The van der Waals surface area contributed by atoms with Crippen molar-refractivity contribution in [2.45, 2.75) is 26.0 Å². The second kappa shape index (κ2) is 6.35. The van der Waals surface area contributed by atoms with Crippen LogP contribution < -0.4 is 15.2 Å². The van der Waals surface area contributed by atoms with Crippen LogP contribution >= 0.6 is 0 Å². The topological polar surface area (TPSA) is 64.7 Å². The van der Waals surface area contributed by atoms with Gasteiger partial charge in [0, 0.05) is 18.5 Å². The van der Waals surface area contributed by atoms with Gasteiger partial charge in [0.15, 0.2) is 11.5 Å². The summed E-state index contributed by atoms with van der Waals surface area (Å²) in [6.45, 7) is 2.59. The first-order valence-corrected chi connectivity index (χ1v) is 5.35. The molecular formula is C12H19NO3. The summed E-state index contributed by atoms with van der Waals surface area (Å²) in [7, 11) is 1.59. The summed E-state index contributed by atoms with van der Waals surface area (Å²) in [6.07, 6.45) is 0.221. The lowest BCUT2D eigenvalue weighted by atomic mass is 10.2. The first kappa shape index (κ1) is 12.8. The van der Waals surface area contributed by atoms with Crippen molar-refractivity contribution in [1.29, 1.82) is 0 Å². The van der Waals surface area contributed by atoms with Crippen molar-refractivity contribution in [3.05, 3.63) is 23.8 Å². The third-order valence-corrected chi connectivity index (χ3v) is 2.28. The highest BCUT2D eigenvalue weighted by atomic mass is 16.5. The average Bonchev–Trinajstić information content (AvgIpc) is 2.28. The highest BCUT2D eigenvalue weighted by molar-refractivity contribution is 5.46. The van der Waals surface area contributed by atoms with Gasteiger partial charge in [-0.3, -0.25) is 0 Å². The molecule has 4 nitrogen and oxygen atoms in total. The zero-order valence-corrected chi connectivity index (χ0v) is 9.77. The summed E-state index contributed by atoms with van der Waals surface area (Å²) in [5.41, 5.74) is 6.53. The molecule has 0 saturated carbocycles. The van der Waals surface area contributed by atoms with Gasteiger partial charge in [0.2, 0.25) is 0 Å². The Morgan fingerprint density at radius 1 is 1.44 bits per heavy atom. The fraction of sp³-hybridized carbons (Fsp3) is 0.500. The van der Waals surface area contributed by atoms with E-state index in [2.05, 4.69) is 0 Å². The Balaban J connectivity index is 2.74. The van der Waals surface area contributed by atoms with Crippen molar-refractivity contribution in [3.63, 3.8) is 0 Å². The van der Waals surface area contributed by atoms with Crippen LogP contribution in [0.3, 0.4) is 0 Å². The quantitative estimate of drug-likeness (QED) is 0.766. The predicted molar refractivity (Wildman–Crippen MR) is 62.7 cm³/mol. The molecule has 4 heteroatoms. The maximum Gasteiger partial charge on any atom is 0.165 e. The number of para-hydroxylation sites is 1. The molecule has 0 radical (unpaired) electrons. The van der Waals surface area contributed by atoms with Crippen molar-refractivity contribution in [3.8, 4) is 11.5 Å². The zero-order valence-electron chi connectivity index (χ0n) is 9.77. The second-order valence-corrected chi connectivity index (χ2v) is 3.64. The third kappa shape index (κ3) is 3.40. The van der Waals surface area contributed by atoms with Gasteiger partial charge in [0.25, 0.3) is 0 Å². The van der Waals surface area contributed by atoms with Gasteiger partial charge >= 0.3 is 0 Å². The molecule has 0 heterocycles. The standard InChI is InChI=1S/C12H19NO3/c1-9(14)6-7-16-12-10(8-13)4-3-5-11(12)15-2/h3-5,9,14H,6-8,13H2,1-2H3. The number of hydrogen-bond donors (Lipinski definition) is 2. The Labute approximate surface area is 96.0 Å². The lowest BCUT2D eigenvalue weighted by Crippen LogP contribution is -2.10. The molecule has 0 fully saturated rings. The Morgan fingerprint density at radius 2 is 2.19 bits per heavy atom. The normalized spacial score (nSPS) is 12.2. The van der Waals surface area contributed by atoms with Crippen LogP contribution in [-0.4, -0.2) is 24.9 Å². The van der Waals surface area contributed by atoms with E-state index in [1.165, 1.54) is 0 Å². The Morgan fingerprint density at radius 3 is 2.75 bits per heavy atom. The number of nitrogens with two attached hydrogens (primary N) is 1. The van der Waals surface area contributed by atoms with Gasteiger partial charge in [0.1, 0.15) is 0 Å².